The van der Waals surface area contributed by atoms with Crippen LogP contribution in [0.5, 0.6) is 0 Å². The van der Waals surface area contributed by atoms with Crippen molar-refractivity contribution in [2.75, 3.05) is 19.0 Å². The fourth-order valence-corrected chi connectivity index (χ4v) is 1.77. The maximum absolute atomic E-state index is 11.8. The lowest BCUT2D eigenvalue weighted by Gasteiger charge is -2.07. The Labute approximate surface area is 101 Å². The van der Waals surface area contributed by atoms with Gasteiger partial charge in [-0.2, -0.15) is 0 Å². The molecule has 0 aliphatic heterocycles. The zero-order valence-corrected chi connectivity index (χ0v) is 9.70. The Bertz CT molecular complexity index is 360. The molecule has 0 atom stereocenters. The number of carboxylic acid groups (broad SMARTS) is 1. The topological polar surface area (TPSA) is 64.3 Å². The molecule has 0 fully saturated rings. The van der Waals surface area contributed by atoms with Crippen molar-refractivity contribution >= 4 is 17.7 Å². The van der Waals surface area contributed by atoms with Crippen molar-refractivity contribution in [2.45, 2.75) is 18.1 Å². The Morgan fingerprint density at radius 3 is 3.06 bits per heavy atom. The first-order chi connectivity index (χ1) is 8.09. The van der Waals surface area contributed by atoms with Gasteiger partial charge in [-0.25, -0.2) is 13.8 Å². The van der Waals surface area contributed by atoms with E-state index in [9.17, 15) is 13.6 Å². The number of nitrogens with zero attached hydrogens (tertiary/aromatic N) is 2. The van der Waals surface area contributed by atoms with Crippen LogP contribution in [0.25, 0.3) is 0 Å². The zero-order valence-electron chi connectivity index (χ0n) is 8.88. The lowest BCUT2D eigenvalue weighted by Crippen LogP contribution is -2.11. The number of hydrogen-bond donors (Lipinski definition) is 1. The third-order valence-corrected chi connectivity index (χ3v) is 2.71. The second-order valence-corrected chi connectivity index (χ2v) is 3.99. The Balaban J connectivity index is 2.32. The van der Waals surface area contributed by atoms with Crippen molar-refractivity contribution in [1.29, 1.82) is 0 Å². The molecule has 0 aliphatic rings. The van der Waals surface area contributed by atoms with E-state index in [-0.39, 0.29) is 12.4 Å². The first-order valence-corrected chi connectivity index (χ1v) is 5.79. The molecule has 0 spiro atoms. The van der Waals surface area contributed by atoms with Crippen molar-refractivity contribution in [3.8, 4) is 0 Å². The Morgan fingerprint density at radius 2 is 2.41 bits per heavy atom. The summed E-state index contributed by atoms with van der Waals surface area (Å²) in [6.45, 7) is -0.0810. The minimum atomic E-state index is -2.47. The highest BCUT2D eigenvalue weighted by Gasteiger charge is 2.07. The second-order valence-electron chi connectivity index (χ2n) is 3.05. The third kappa shape index (κ3) is 5.64. The summed E-state index contributed by atoms with van der Waals surface area (Å²) >= 11 is 1.07. The molecule has 1 aromatic heterocycles. The van der Waals surface area contributed by atoms with E-state index in [0.29, 0.717) is 11.7 Å². The van der Waals surface area contributed by atoms with E-state index in [0.717, 1.165) is 11.8 Å². The Kier molecular flexibility index (Phi) is 5.92. The van der Waals surface area contributed by atoms with Crippen LogP contribution in [-0.2, 0) is 16.1 Å². The molecular weight excluding hydrogens is 254 g/mol. The summed E-state index contributed by atoms with van der Waals surface area (Å²) < 4.78 is 29.9. The Hall–Kier alpha value is -1.15. The molecule has 0 saturated heterocycles. The van der Waals surface area contributed by atoms with E-state index in [1.54, 1.807) is 10.8 Å². The lowest BCUT2D eigenvalue weighted by molar-refractivity contribution is -0.133. The van der Waals surface area contributed by atoms with Crippen molar-refractivity contribution in [3.05, 3.63) is 12.4 Å². The number of carboxylic acids is 1. The van der Waals surface area contributed by atoms with Gasteiger partial charge in [-0.15, -0.1) is 0 Å². The van der Waals surface area contributed by atoms with Gasteiger partial charge in [-0.1, -0.05) is 11.8 Å². The lowest BCUT2D eigenvalue weighted by atomic mass is 10.6. The van der Waals surface area contributed by atoms with E-state index in [4.69, 9.17) is 9.84 Å². The molecule has 0 amide bonds. The number of halogens is 2. The third-order valence-electron chi connectivity index (χ3n) is 1.72. The number of thioether (sulfide) groups is 1. The van der Waals surface area contributed by atoms with Crippen LogP contribution in [0.1, 0.15) is 0 Å². The molecule has 5 nitrogen and oxygen atoms in total. The molecule has 0 aromatic carbocycles. The number of aliphatic carboxylic acids is 1. The number of carbonyl (C=O) groups is 1. The van der Waals surface area contributed by atoms with Crippen LogP contribution in [0.4, 0.5) is 8.78 Å². The molecular formula is C9H12F2N2O3S. The fourth-order valence-electron chi connectivity index (χ4n) is 1.07. The first-order valence-electron chi connectivity index (χ1n) is 4.81. The van der Waals surface area contributed by atoms with E-state index in [1.807, 2.05) is 0 Å². The van der Waals surface area contributed by atoms with Crippen LogP contribution >= 0.6 is 11.8 Å². The number of hydrogen-bond acceptors (Lipinski definition) is 4. The van der Waals surface area contributed by atoms with Gasteiger partial charge in [0.1, 0.15) is 6.61 Å². The molecule has 96 valence electrons. The molecule has 0 radical (unpaired) electrons. The highest BCUT2D eigenvalue weighted by atomic mass is 32.2. The SMILES string of the molecule is O=C(O)CSc1nccn1CCOCC(F)F. The highest BCUT2D eigenvalue weighted by Crippen LogP contribution is 2.15. The van der Waals surface area contributed by atoms with Crippen molar-refractivity contribution in [3.63, 3.8) is 0 Å². The van der Waals surface area contributed by atoms with E-state index in [2.05, 4.69) is 4.98 Å². The van der Waals surface area contributed by atoms with Crippen LogP contribution in [0, 0.1) is 0 Å². The zero-order chi connectivity index (χ0) is 12.7. The summed E-state index contributed by atoms with van der Waals surface area (Å²) in [5.41, 5.74) is 0. The maximum atomic E-state index is 11.8. The minimum absolute atomic E-state index is 0.0884. The summed E-state index contributed by atoms with van der Waals surface area (Å²) in [7, 11) is 0. The number of imidazole rings is 1. The molecule has 0 unspecified atom stereocenters. The van der Waals surface area contributed by atoms with Crippen molar-refractivity contribution in [1.82, 2.24) is 9.55 Å². The van der Waals surface area contributed by atoms with Crippen LogP contribution < -0.4 is 0 Å². The number of rotatable bonds is 8. The normalized spacial score (nSPS) is 11.0. The van der Waals surface area contributed by atoms with Gasteiger partial charge in [0.05, 0.1) is 12.4 Å². The molecule has 0 bridgehead atoms. The molecule has 0 saturated carbocycles. The highest BCUT2D eigenvalue weighted by molar-refractivity contribution is 7.99. The summed E-state index contributed by atoms with van der Waals surface area (Å²) in [6, 6.07) is 0. The van der Waals surface area contributed by atoms with Gasteiger partial charge in [-0.3, -0.25) is 4.79 Å². The van der Waals surface area contributed by atoms with Crippen molar-refractivity contribution < 1.29 is 23.4 Å². The standard InChI is InChI=1S/C9H12F2N2O3S/c10-7(11)5-16-4-3-13-2-1-12-9(13)17-6-8(14)15/h1-2,7H,3-6H2,(H,14,15). The van der Waals surface area contributed by atoms with E-state index in [1.165, 1.54) is 6.20 Å². The van der Waals surface area contributed by atoms with Gasteiger partial charge in [-0.05, 0) is 0 Å². The first kappa shape index (κ1) is 13.9. The summed E-state index contributed by atoms with van der Waals surface area (Å²) in [4.78, 5) is 14.3. The molecule has 1 heterocycles. The molecule has 0 aliphatic carbocycles. The number of alkyl halides is 2. The van der Waals surface area contributed by atoms with Gasteiger partial charge >= 0.3 is 5.97 Å². The predicted octanol–water partition coefficient (Wildman–Crippen LogP) is 1.34. The average molecular weight is 266 g/mol. The van der Waals surface area contributed by atoms with Gasteiger partial charge < -0.3 is 14.4 Å². The summed E-state index contributed by atoms with van der Waals surface area (Å²) in [5.74, 6) is -1.02. The quantitative estimate of drug-likeness (QED) is 0.568. The number of ether oxygens (including phenoxy) is 1. The van der Waals surface area contributed by atoms with Crippen LogP contribution in [-0.4, -0.2) is 46.0 Å². The molecule has 17 heavy (non-hydrogen) atoms. The fraction of sp³-hybridized carbons (Fsp3) is 0.556. The summed E-state index contributed by atoms with van der Waals surface area (Å²) in [6.07, 6.45) is 0.700. The van der Waals surface area contributed by atoms with Crippen LogP contribution in [0.3, 0.4) is 0 Å². The summed E-state index contributed by atoms with van der Waals surface area (Å²) in [5, 5.41) is 9.05. The average Bonchev–Trinajstić information content (AvgIpc) is 2.68. The van der Waals surface area contributed by atoms with Gasteiger partial charge in [0.15, 0.2) is 5.16 Å². The van der Waals surface area contributed by atoms with Crippen LogP contribution in [0.2, 0.25) is 0 Å². The van der Waals surface area contributed by atoms with Crippen molar-refractivity contribution in [2.24, 2.45) is 0 Å². The Morgan fingerprint density at radius 1 is 1.65 bits per heavy atom. The molecule has 1 rings (SSSR count). The largest absolute Gasteiger partial charge is 0.481 e. The number of aromatic nitrogens is 2. The van der Waals surface area contributed by atoms with E-state index < -0.39 is 19.0 Å². The second kappa shape index (κ2) is 7.23. The van der Waals surface area contributed by atoms with E-state index >= 15 is 0 Å². The monoisotopic (exact) mass is 266 g/mol. The van der Waals surface area contributed by atoms with Gasteiger partial charge in [0.2, 0.25) is 0 Å². The molecule has 1 aromatic rings. The van der Waals surface area contributed by atoms with Gasteiger partial charge in [0, 0.05) is 18.9 Å². The smallest absolute Gasteiger partial charge is 0.313 e. The van der Waals surface area contributed by atoms with Crippen LogP contribution in [0.15, 0.2) is 17.6 Å². The maximum Gasteiger partial charge on any atom is 0.313 e. The van der Waals surface area contributed by atoms with Gasteiger partial charge in [0.25, 0.3) is 6.43 Å². The molecule has 1 N–H and O–H groups in total. The molecule has 8 heteroatoms. The minimum Gasteiger partial charge on any atom is -0.481 e. The predicted molar refractivity (Wildman–Crippen MR) is 57.4 cm³/mol.